The van der Waals surface area contributed by atoms with E-state index >= 15 is 4.39 Å². The van der Waals surface area contributed by atoms with Crippen molar-refractivity contribution in [2.45, 2.75) is 24.7 Å². The van der Waals surface area contributed by atoms with E-state index in [0.717, 1.165) is 17.2 Å². The third-order valence-electron chi connectivity index (χ3n) is 8.19. The molecule has 13 heteroatoms. The van der Waals surface area contributed by atoms with Crippen molar-refractivity contribution in [1.29, 1.82) is 0 Å². The van der Waals surface area contributed by atoms with Gasteiger partial charge in [0.1, 0.15) is 17.4 Å². The van der Waals surface area contributed by atoms with Crippen LogP contribution < -0.4 is 15.1 Å². The third kappa shape index (κ3) is 3.64. The molecule has 0 radical (unpaired) electrons. The number of carboxylic acid groups (broad SMARTS) is 1. The molecule has 11 nitrogen and oxygen atoms in total. The highest BCUT2D eigenvalue weighted by atomic mass is 19.1. The summed E-state index contributed by atoms with van der Waals surface area (Å²) in [5, 5.41) is 13.4. The van der Waals surface area contributed by atoms with Gasteiger partial charge in [-0.25, -0.2) is 13.6 Å². The SMILES string of the molecule is COc1c(N2CC3ON=C(CN4C(=O)c5ccccc5C4=O)C3C2)c(F)cc2c(=O)c(C(=O)O)cn(C3CC3F)c12. The molecule has 1 aliphatic carbocycles. The molecule has 1 N–H and O–H groups in total. The molecule has 2 aromatic carbocycles. The van der Waals surface area contributed by atoms with Crippen LogP contribution in [0.3, 0.4) is 0 Å². The highest BCUT2D eigenvalue weighted by Crippen LogP contribution is 2.46. The predicted molar refractivity (Wildman–Crippen MR) is 140 cm³/mol. The van der Waals surface area contributed by atoms with Crippen molar-refractivity contribution in [1.82, 2.24) is 9.47 Å². The molecule has 3 aliphatic heterocycles. The van der Waals surface area contributed by atoms with Crippen molar-refractivity contribution in [3.63, 3.8) is 0 Å². The number of pyridine rings is 1. The second kappa shape index (κ2) is 8.85. The molecule has 41 heavy (non-hydrogen) atoms. The van der Waals surface area contributed by atoms with Gasteiger partial charge in [0, 0.05) is 19.2 Å². The van der Waals surface area contributed by atoms with Crippen molar-refractivity contribution in [2.24, 2.45) is 11.1 Å². The first-order valence-electron chi connectivity index (χ1n) is 12.9. The van der Waals surface area contributed by atoms with Crippen LogP contribution in [0.2, 0.25) is 0 Å². The monoisotopic (exact) mass is 564 g/mol. The van der Waals surface area contributed by atoms with E-state index in [0.29, 0.717) is 16.8 Å². The highest BCUT2D eigenvalue weighted by molar-refractivity contribution is 6.22. The maximum atomic E-state index is 15.8. The Bertz CT molecular complexity index is 1750. The second-order valence-corrected chi connectivity index (χ2v) is 10.5. The minimum atomic E-state index is -1.50. The average molecular weight is 565 g/mol. The number of halogens is 2. The lowest BCUT2D eigenvalue weighted by atomic mass is 10.0. The standard InChI is InChI=1S/C28H22F2N4O7/c1-40-25-22-14(24(35)16(28(38)39)9-33(22)20-7-17(20)29)6-18(30)23(25)32-8-15-19(31-41-21(15)11-32)10-34-26(36)12-4-2-3-5-13(12)27(34)37/h2-6,9,15,17,20-21H,7-8,10-11H2,1H3,(H,38,39). The fourth-order valence-corrected chi connectivity index (χ4v) is 6.06. The molecular weight excluding hydrogens is 542 g/mol. The van der Waals surface area contributed by atoms with E-state index in [9.17, 15) is 28.7 Å². The zero-order valence-electron chi connectivity index (χ0n) is 21.5. The number of rotatable bonds is 6. The minimum absolute atomic E-state index is 0.00497. The Kier molecular flexibility index (Phi) is 5.43. The van der Waals surface area contributed by atoms with Gasteiger partial charge >= 0.3 is 5.97 Å². The number of hydrogen-bond acceptors (Lipinski definition) is 8. The number of ether oxygens (including phenoxy) is 1. The molecule has 1 aromatic heterocycles. The molecule has 4 atom stereocenters. The van der Waals surface area contributed by atoms with Gasteiger partial charge in [0.15, 0.2) is 17.7 Å². The molecule has 3 aromatic rings. The summed E-state index contributed by atoms with van der Waals surface area (Å²) < 4.78 is 36.9. The Labute approximate surface area is 230 Å². The summed E-state index contributed by atoms with van der Waals surface area (Å²) in [6.07, 6.45) is -0.557. The first-order valence-corrected chi connectivity index (χ1v) is 12.9. The van der Waals surface area contributed by atoms with Gasteiger partial charge in [-0.3, -0.25) is 19.3 Å². The Hall–Kier alpha value is -4.81. The summed E-state index contributed by atoms with van der Waals surface area (Å²) in [6, 6.07) is 6.77. The molecule has 1 saturated carbocycles. The van der Waals surface area contributed by atoms with E-state index in [1.807, 2.05) is 0 Å². The molecule has 2 amide bonds. The number of benzene rings is 2. The Morgan fingerprint density at radius 3 is 2.46 bits per heavy atom. The highest BCUT2D eigenvalue weighted by Gasteiger charge is 2.47. The number of nitrogens with zero attached hydrogens (tertiary/aromatic N) is 4. The summed E-state index contributed by atoms with van der Waals surface area (Å²) in [5.41, 5.74) is -0.314. The van der Waals surface area contributed by atoms with Crippen LogP contribution in [0.1, 0.15) is 43.5 Å². The number of hydrogen-bond donors (Lipinski definition) is 1. The van der Waals surface area contributed by atoms with Crippen LogP contribution in [0.25, 0.3) is 10.9 Å². The van der Waals surface area contributed by atoms with Gasteiger partial charge in [0.2, 0.25) is 5.43 Å². The largest absolute Gasteiger partial charge is 0.492 e. The van der Waals surface area contributed by atoms with Crippen LogP contribution in [0.5, 0.6) is 5.75 Å². The second-order valence-electron chi connectivity index (χ2n) is 10.5. The van der Waals surface area contributed by atoms with Gasteiger partial charge in [-0.2, -0.15) is 0 Å². The lowest BCUT2D eigenvalue weighted by molar-refractivity contribution is 0.0669. The number of carbonyl (C=O) groups excluding carboxylic acids is 2. The molecule has 4 aliphatic rings. The van der Waals surface area contributed by atoms with Crippen molar-refractivity contribution < 1.29 is 37.8 Å². The van der Waals surface area contributed by atoms with Crippen LogP contribution in [0.15, 0.2) is 46.5 Å². The quantitative estimate of drug-likeness (QED) is 0.453. The van der Waals surface area contributed by atoms with Crippen molar-refractivity contribution in [3.8, 4) is 5.75 Å². The smallest absolute Gasteiger partial charge is 0.341 e. The van der Waals surface area contributed by atoms with Crippen LogP contribution in [0.4, 0.5) is 14.5 Å². The number of aromatic carboxylic acids is 1. The number of imide groups is 1. The molecule has 0 bridgehead atoms. The van der Waals surface area contributed by atoms with E-state index < -0.39 is 52.9 Å². The minimum Gasteiger partial charge on any atom is -0.492 e. The van der Waals surface area contributed by atoms with Crippen molar-refractivity contribution in [3.05, 3.63) is 69.3 Å². The molecule has 7 rings (SSSR count). The lowest BCUT2D eigenvalue weighted by Crippen LogP contribution is -2.38. The van der Waals surface area contributed by atoms with E-state index in [-0.39, 0.29) is 54.3 Å². The average Bonchev–Trinajstić information content (AvgIpc) is 3.25. The summed E-state index contributed by atoms with van der Waals surface area (Å²) in [6.45, 7) is 0.277. The molecule has 1 saturated heterocycles. The molecule has 4 unspecified atom stereocenters. The number of carboxylic acids is 1. The van der Waals surface area contributed by atoms with Gasteiger partial charge < -0.3 is 24.1 Å². The number of oxime groups is 1. The van der Waals surface area contributed by atoms with Crippen molar-refractivity contribution in [2.75, 3.05) is 31.6 Å². The van der Waals surface area contributed by atoms with E-state index in [1.54, 1.807) is 29.2 Å². The third-order valence-corrected chi connectivity index (χ3v) is 8.19. The molecular formula is C28H22F2N4O7. The summed E-state index contributed by atoms with van der Waals surface area (Å²) in [4.78, 5) is 58.8. The number of methoxy groups -OCH3 is 1. The van der Waals surface area contributed by atoms with Gasteiger partial charge in [-0.15, -0.1) is 0 Å². The maximum absolute atomic E-state index is 15.8. The Balaban J connectivity index is 1.24. The topological polar surface area (TPSA) is 131 Å². The van der Waals surface area contributed by atoms with Crippen LogP contribution >= 0.6 is 0 Å². The summed E-state index contributed by atoms with van der Waals surface area (Å²) in [5.74, 6) is -3.61. The normalized spacial score (nSPS) is 24.4. The molecule has 210 valence electrons. The van der Waals surface area contributed by atoms with Gasteiger partial charge in [-0.05, 0) is 18.2 Å². The fraction of sp³-hybridized carbons (Fsp3) is 0.321. The first-order chi connectivity index (χ1) is 19.7. The maximum Gasteiger partial charge on any atom is 0.341 e. The summed E-state index contributed by atoms with van der Waals surface area (Å²) >= 11 is 0. The van der Waals surface area contributed by atoms with E-state index in [2.05, 4.69) is 5.16 Å². The number of anilines is 1. The zero-order chi connectivity index (χ0) is 28.7. The zero-order valence-corrected chi connectivity index (χ0v) is 21.5. The van der Waals surface area contributed by atoms with Gasteiger partial charge in [0.05, 0.1) is 59.9 Å². The molecule has 0 spiro atoms. The number of alkyl halides is 1. The first kappa shape index (κ1) is 25.2. The number of aromatic nitrogens is 1. The number of fused-ring (bicyclic) bond motifs is 3. The fourth-order valence-electron chi connectivity index (χ4n) is 6.06. The van der Waals surface area contributed by atoms with Crippen molar-refractivity contribution >= 4 is 40.1 Å². The predicted octanol–water partition coefficient (Wildman–Crippen LogP) is 2.62. The Morgan fingerprint density at radius 2 is 1.85 bits per heavy atom. The van der Waals surface area contributed by atoms with Crippen LogP contribution in [-0.4, -0.2) is 77.1 Å². The van der Waals surface area contributed by atoms with Crippen LogP contribution in [-0.2, 0) is 4.84 Å². The summed E-state index contributed by atoms with van der Waals surface area (Å²) in [7, 11) is 1.29. The van der Waals surface area contributed by atoms with Crippen LogP contribution in [0, 0.1) is 11.7 Å². The lowest BCUT2D eigenvalue weighted by Gasteiger charge is -2.25. The van der Waals surface area contributed by atoms with E-state index in [4.69, 9.17) is 9.57 Å². The Morgan fingerprint density at radius 1 is 1.17 bits per heavy atom. The van der Waals surface area contributed by atoms with Gasteiger partial charge in [-0.1, -0.05) is 17.3 Å². The molecule has 4 heterocycles. The van der Waals surface area contributed by atoms with E-state index in [1.165, 1.54) is 11.7 Å². The number of carbonyl (C=O) groups is 3. The number of amides is 2. The van der Waals surface area contributed by atoms with Gasteiger partial charge in [0.25, 0.3) is 11.8 Å². The molecule has 2 fully saturated rings.